The Balaban J connectivity index is 2.13. The molecule has 2 aromatic carbocycles. The summed E-state index contributed by atoms with van der Waals surface area (Å²) in [6.45, 7) is 1.85. The summed E-state index contributed by atoms with van der Waals surface area (Å²) in [5.41, 5.74) is 10.1. The third-order valence-electron chi connectivity index (χ3n) is 4.91. The summed E-state index contributed by atoms with van der Waals surface area (Å²) in [4.78, 5) is 12.6. The van der Waals surface area contributed by atoms with E-state index in [1.165, 1.54) is 6.26 Å². The number of amides is 1. The van der Waals surface area contributed by atoms with Crippen molar-refractivity contribution in [1.82, 2.24) is 9.88 Å². The van der Waals surface area contributed by atoms with Crippen molar-refractivity contribution >= 4 is 15.7 Å². The van der Waals surface area contributed by atoms with Gasteiger partial charge in [0.05, 0.1) is 17.2 Å². The Kier molecular flexibility index (Phi) is 6.40. The average Bonchev–Trinajstić information content (AvgIpc) is 3.08. The van der Waals surface area contributed by atoms with Crippen molar-refractivity contribution in [2.45, 2.75) is 17.9 Å². The summed E-state index contributed by atoms with van der Waals surface area (Å²) in [6.07, 6.45) is 1.17. The number of rotatable bonds is 7. The van der Waals surface area contributed by atoms with Crippen LogP contribution in [-0.4, -0.2) is 43.4 Å². The van der Waals surface area contributed by atoms with Gasteiger partial charge in [0.25, 0.3) is 0 Å². The molecule has 0 aliphatic rings. The Labute approximate surface area is 176 Å². The Bertz CT molecular complexity index is 1140. The van der Waals surface area contributed by atoms with Crippen LogP contribution in [0.15, 0.2) is 65.6 Å². The Morgan fingerprint density at radius 1 is 1.13 bits per heavy atom. The van der Waals surface area contributed by atoms with Gasteiger partial charge in [0.1, 0.15) is 6.04 Å². The number of carbonyl (C=O) groups excluding carboxylic acids is 1. The van der Waals surface area contributed by atoms with Crippen LogP contribution in [0, 0.1) is 6.92 Å². The van der Waals surface area contributed by atoms with E-state index in [-0.39, 0.29) is 24.0 Å². The quantitative estimate of drug-likeness (QED) is 0.533. The van der Waals surface area contributed by atoms with Crippen LogP contribution in [0.5, 0.6) is 0 Å². The summed E-state index contributed by atoms with van der Waals surface area (Å²) in [5, 5.41) is 11.5. The first-order valence-corrected chi connectivity index (χ1v) is 11.4. The molecule has 1 atom stereocenters. The molecule has 3 aromatic rings. The number of nitrogens with two attached hydrogens (primary N) is 1. The summed E-state index contributed by atoms with van der Waals surface area (Å²) in [7, 11) is -3.30. The topological polar surface area (TPSA) is 114 Å². The second kappa shape index (κ2) is 8.83. The zero-order chi connectivity index (χ0) is 21.9. The van der Waals surface area contributed by atoms with E-state index in [4.69, 9.17) is 10.8 Å². The highest BCUT2D eigenvalue weighted by Gasteiger charge is 2.23. The van der Waals surface area contributed by atoms with Gasteiger partial charge in [-0.25, -0.2) is 8.42 Å². The van der Waals surface area contributed by atoms with Crippen molar-refractivity contribution in [2.24, 2.45) is 5.73 Å². The van der Waals surface area contributed by atoms with E-state index in [0.717, 1.165) is 22.6 Å². The van der Waals surface area contributed by atoms with Crippen LogP contribution in [0.1, 0.15) is 17.3 Å². The molecule has 1 amide bonds. The fourth-order valence-corrected chi connectivity index (χ4v) is 4.00. The van der Waals surface area contributed by atoms with Gasteiger partial charge < -0.3 is 20.7 Å². The van der Waals surface area contributed by atoms with E-state index in [9.17, 15) is 13.2 Å². The lowest BCUT2D eigenvalue weighted by atomic mass is 10.1. The highest BCUT2D eigenvalue weighted by atomic mass is 32.2. The monoisotopic (exact) mass is 427 g/mol. The van der Waals surface area contributed by atoms with Crippen molar-refractivity contribution in [2.75, 3.05) is 19.4 Å². The number of nitrogens with one attached hydrogen (secondary N) is 1. The first kappa shape index (κ1) is 21.8. The number of aliphatic hydroxyl groups is 1. The molecule has 4 N–H and O–H groups in total. The van der Waals surface area contributed by atoms with Crippen LogP contribution < -0.4 is 11.1 Å². The number of sulfone groups is 1. The van der Waals surface area contributed by atoms with Crippen LogP contribution in [0.2, 0.25) is 0 Å². The van der Waals surface area contributed by atoms with Gasteiger partial charge in [-0.3, -0.25) is 4.79 Å². The van der Waals surface area contributed by atoms with Gasteiger partial charge in [0, 0.05) is 24.2 Å². The molecule has 0 fully saturated rings. The van der Waals surface area contributed by atoms with E-state index in [1.807, 2.05) is 47.9 Å². The zero-order valence-electron chi connectivity index (χ0n) is 16.9. The lowest BCUT2D eigenvalue weighted by Gasteiger charge is -2.14. The molecular formula is C22H25N3O4S. The normalized spacial score (nSPS) is 12.5. The Morgan fingerprint density at radius 2 is 1.77 bits per heavy atom. The molecule has 3 rings (SSSR count). The smallest absolute Gasteiger partial charge is 0.241 e. The van der Waals surface area contributed by atoms with Crippen molar-refractivity contribution in [3.05, 3.63) is 71.9 Å². The fourth-order valence-electron chi connectivity index (χ4n) is 3.37. The lowest BCUT2D eigenvalue weighted by molar-refractivity contribution is -0.122. The molecule has 1 heterocycles. The minimum atomic E-state index is -3.30. The third-order valence-corrected chi connectivity index (χ3v) is 6.04. The molecule has 1 aromatic heterocycles. The number of hydrogen-bond acceptors (Lipinski definition) is 5. The van der Waals surface area contributed by atoms with Crippen LogP contribution in [0.25, 0.3) is 16.9 Å². The Hall–Kier alpha value is -2.94. The molecule has 0 aliphatic heterocycles. The summed E-state index contributed by atoms with van der Waals surface area (Å²) < 4.78 is 25.6. The molecular weight excluding hydrogens is 402 g/mol. The van der Waals surface area contributed by atoms with Gasteiger partial charge in [-0.2, -0.15) is 0 Å². The number of aromatic nitrogens is 1. The van der Waals surface area contributed by atoms with Gasteiger partial charge in [0.2, 0.25) is 5.91 Å². The minimum absolute atomic E-state index is 0.130. The van der Waals surface area contributed by atoms with Gasteiger partial charge in [-0.15, -0.1) is 0 Å². The van der Waals surface area contributed by atoms with E-state index in [2.05, 4.69) is 5.32 Å². The maximum absolute atomic E-state index is 12.4. The second-order valence-electron chi connectivity index (χ2n) is 7.03. The summed E-state index contributed by atoms with van der Waals surface area (Å²) in [5.74, 6) is -0.378. The number of aliphatic hydroxyl groups excluding tert-OH is 1. The summed E-state index contributed by atoms with van der Waals surface area (Å²) in [6, 6.07) is 17.2. The first-order valence-electron chi connectivity index (χ1n) is 9.46. The highest BCUT2D eigenvalue weighted by molar-refractivity contribution is 7.90. The van der Waals surface area contributed by atoms with Gasteiger partial charge in [-0.1, -0.05) is 30.3 Å². The van der Waals surface area contributed by atoms with Crippen molar-refractivity contribution < 1.29 is 18.3 Å². The van der Waals surface area contributed by atoms with Gasteiger partial charge in [0.15, 0.2) is 9.84 Å². The number of benzene rings is 2. The molecule has 30 heavy (non-hydrogen) atoms. The highest BCUT2D eigenvalue weighted by Crippen LogP contribution is 2.32. The van der Waals surface area contributed by atoms with E-state index >= 15 is 0 Å². The van der Waals surface area contributed by atoms with Crippen molar-refractivity contribution in [3.8, 4) is 16.9 Å². The molecule has 0 saturated heterocycles. The molecule has 158 valence electrons. The first-order chi connectivity index (χ1) is 14.2. The minimum Gasteiger partial charge on any atom is -0.395 e. The summed E-state index contributed by atoms with van der Waals surface area (Å²) >= 11 is 0. The third kappa shape index (κ3) is 4.46. The number of nitrogens with zero attached hydrogens (tertiary/aromatic N) is 1. The number of hydrogen-bond donors (Lipinski definition) is 3. The van der Waals surface area contributed by atoms with Crippen molar-refractivity contribution in [1.29, 1.82) is 0 Å². The standard InChI is InChI=1S/C22H25N3O4S/c1-15-19(21(23)22(27)24-12-13-26)14-20(25(15)17-6-4-3-5-7-17)16-8-10-18(11-9-16)30(2,28)29/h3-11,14,21,26H,12-13,23H2,1-2H3,(H,24,27)/t21-/m1/s1. The number of para-hydroxylation sites is 1. The van der Waals surface area contributed by atoms with Crippen LogP contribution in [0.3, 0.4) is 0 Å². The SMILES string of the molecule is Cc1c([C@@H](N)C(=O)NCCO)cc(-c2ccc(S(C)(=O)=O)cc2)n1-c1ccccc1. The average molecular weight is 428 g/mol. The molecule has 0 spiro atoms. The molecule has 0 aliphatic carbocycles. The van der Waals surface area contributed by atoms with Crippen LogP contribution in [-0.2, 0) is 14.6 Å². The maximum atomic E-state index is 12.4. The van der Waals surface area contributed by atoms with Gasteiger partial charge >= 0.3 is 0 Å². The molecule has 0 unspecified atom stereocenters. The largest absolute Gasteiger partial charge is 0.395 e. The van der Waals surface area contributed by atoms with Gasteiger partial charge in [-0.05, 0) is 48.4 Å². The molecule has 8 heteroatoms. The fraction of sp³-hybridized carbons (Fsp3) is 0.227. The second-order valence-corrected chi connectivity index (χ2v) is 9.05. The van der Waals surface area contributed by atoms with E-state index in [1.54, 1.807) is 24.3 Å². The number of carbonyl (C=O) groups is 1. The Morgan fingerprint density at radius 3 is 2.33 bits per heavy atom. The molecule has 7 nitrogen and oxygen atoms in total. The predicted molar refractivity (Wildman–Crippen MR) is 116 cm³/mol. The van der Waals surface area contributed by atoms with Crippen LogP contribution in [0.4, 0.5) is 0 Å². The van der Waals surface area contributed by atoms with E-state index in [0.29, 0.717) is 5.56 Å². The van der Waals surface area contributed by atoms with E-state index < -0.39 is 15.9 Å². The zero-order valence-corrected chi connectivity index (χ0v) is 17.7. The predicted octanol–water partition coefficient (Wildman–Crippen LogP) is 1.96. The molecule has 0 radical (unpaired) electrons. The maximum Gasteiger partial charge on any atom is 0.241 e. The molecule has 0 saturated carbocycles. The van der Waals surface area contributed by atoms with Crippen LogP contribution >= 0.6 is 0 Å². The van der Waals surface area contributed by atoms with Crippen molar-refractivity contribution in [3.63, 3.8) is 0 Å². The lowest BCUT2D eigenvalue weighted by Crippen LogP contribution is -2.35. The molecule has 0 bridgehead atoms.